The zero-order valence-corrected chi connectivity index (χ0v) is 22.4. The predicted molar refractivity (Wildman–Crippen MR) is 142 cm³/mol. The van der Waals surface area contributed by atoms with Crippen LogP contribution in [0.3, 0.4) is 0 Å². The molecule has 0 aliphatic carbocycles. The molecule has 10 heteroatoms. The summed E-state index contributed by atoms with van der Waals surface area (Å²) >= 11 is 0. The smallest absolute Gasteiger partial charge is 0.272 e. The van der Waals surface area contributed by atoms with E-state index in [4.69, 9.17) is 4.74 Å². The lowest BCUT2D eigenvalue weighted by Crippen LogP contribution is -2.39. The van der Waals surface area contributed by atoms with E-state index in [9.17, 15) is 26.8 Å². The van der Waals surface area contributed by atoms with E-state index >= 15 is 0 Å². The molecule has 0 N–H and O–H groups in total. The number of aryl methyl sites for hydroxylation is 1. The maximum Gasteiger partial charge on any atom is 0.272 e. The van der Waals surface area contributed by atoms with Crippen LogP contribution in [0.25, 0.3) is 0 Å². The molecule has 0 radical (unpaired) electrons. The minimum atomic E-state index is -4.11. The van der Waals surface area contributed by atoms with Crippen LogP contribution < -0.4 is 0 Å². The molecule has 0 bridgehead atoms. The number of imide groups is 1. The third-order valence-corrected chi connectivity index (χ3v) is 8.39. The van der Waals surface area contributed by atoms with Gasteiger partial charge in [-0.2, -0.15) is 4.31 Å². The summed E-state index contributed by atoms with van der Waals surface area (Å²) in [6.45, 7) is 0.330. The zero-order chi connectivity index (χ0) is 28.0. The van der Waals surface area contributed by atoms with Gasteiger partial charge in [0.05, 0.1) is 22.6 Å². The van der Waals surface area contributed by atoms with Crippen LogP contribution in [-0.4, -0.2) is 61.6 Å². The van der Waals surface area contributed by atoms with Crippen molar-refractivity contribution in [1.82, 2.24) is 9.21 Å². The Morgan fingerprint density at radius 3 is 2.05 bits per heavy atom. The summed E-state index contributed by atoms with van der Waals surface area (Å²) in [7, 11) is -4.11. The highest BCUT2D eigenvalue weighted by Gasteiger charge is 2.36. The highest BCUT2D eigenvalue weighted by molar-refractivity contribution is 7.89. The van der Waals surface area contributed by atoms with Crippen LogP contribution >= 0.6 is 0 Å². The Morgan fingerprint density at radius 2 is 1.44 bits per heavy atom. The third-order valence-electron chi connectivity index (χ3n) is 6.48. The Balaban J connectivity index is 1.41. The number of nitrogens with zero attached hydrogens (tertiary/aromatic N) is 2. The Bertz CT molecular complexity index is 1380. The zero-order valence-electron chi connectivity index (χ0n) is 21.6. The Kier molecular flexibility index (Phi) is 8.89. The minimum absolute atomic E-state index is 0.0160. The van der Waals surface area contributed by atoms with Crippen molar-refractivity contribution < 1.29 is 31.5 Å². The van der Waals surface area contributed by atoms with Gasteiger partial charge in [-0.25, -0.2) is 17.2 Å². The lowest BCUT2D eigenvalue weighted by atomic mass is 10.1. The second kappa shape index (κ2) is 12.1. The van der Waals surface area contributed by atoms with Crippen molar-refractivity contribution in [2.45, 2.75) is 37.2 Å². The SMILES string of the molecule is Cc1ccc(S(=O)(=O)N(CCCN2C(=O)c3ccccc3C2=O)CCC(F)(F)COCc2ccccc2)cc1. The van der Waals surface area contributed by atoms with Crippen LogP contribution in [-0.2, 0) is 21.4 Å². The van der Waals surface area contributed by atoms with E-state index in [0.717, 1.165) is 20.3 Å². The molecule has 4 rings (SSSR count). The van der Waals surface area contributed by atoms with Crippen molar-refractivity contribution in [2.75, 3.05) is 26.2 Å². The van der Waals surface area contributed by atoms with Crippen molar-refractivity contribution in [3.8, 4) is 0 Å². The molecule has 7 nitrogen and oxygen atoms in total. The predicted octanol–water partition coefficient (Wildman–Crippen LogP) is 4.91. The van der Waals surface area contributed by atoms with Gasteiger partial charge in [0.15, 0.2) is 0 Å². The van der Waals surface area contributed by atoms with Crippen LogP contribution in [0.4, 0.5) is 8.78 Å². The number of hydrogen-bond acceptors (Lipinski definition) is 5. The van der Waals surface area contributed by atoms with Crippen LogP contribution in [0.5, 0.6) is 0 Å². The summed E-state index contributed by atoms with van der Waals surface area (Å²) in [5, 5.41) is 0. The van der Waals surface area contributed by atoms with Crippen molar-refractivity contribution in [1.29, 1.82) is 0 Å². The van der Waals surface area contributed by atoms with E-state index in [1.165, 1.54) is 12.1 Å². The van der Waals surface area contributed by atoms with Crippen molar-refractivity contribution in [3.05, 3.63) is 101 Å². The summed E-state index contributed by atoms with van der Waals surface area (Å²) < 4.78 is 62.4. The van der Waals surface area contributed by atoms with E-state index in [0.29, 0.717) is 11.1 Å². The van der Waals surface area contributed by atoms with Gasteiger partial charge in [-0.1, -0.05) is 60.2 Å². The fourth-order valence-corrected chi connectivity index (χ4v) is 5.79. The Hall–Kier alpha value is -3.47. The topological polar surface area (TPSA) is 84.0 Å². The molecule has 0 spiro atoms. The molecule has 3 aromatic rings. The first kappa shape index (κ1) is 28.5. The number of halogens is 2. The second-order valence-corrected chi connectivity index (χ2v) is 11.4. The lowest BCUT2D eigenvalue weighted by molar-refractivity contribution is -0.0881. The van der Waals surface area contributed by atoms with Gasteiger partial charge in [-0.15, -0.1) is 0 Å². The van der Waals surface area contributed by atoms with Gasteiger partial charge < -0.3 is 4.74 Å². The van der Waals surface area contributed by atoms with Gasteiger partial charge in [0, 0.05) is 26.1 Å². The van der Waals surface area contributed by atoms with Gasteiger partial charge in [0.1, 0.15) is 6.61 Å². The molecular formula is C29H30F2N2O5S. The fraction of sp³-hybridized carbons (Fsp3) is 0.310. The number of hydrogen-bond donors (Lipinski definition) is 0. The van der Waals surface area contributed by atoms with Gasteiger partial charge in [-0.05, 0) is 43.2 Å². The number of sulfonamides is 1. The van der Waals surface area contributed by atoms with Gasteiger partial charge in [-0.3, -0.25) is 14.5 Å². The molecule has 1 aliphatic rings. The number of rotatable bonds is 13. The molecule has 1 heterocycles. The van der Waals surface area contributed by atoms with Crippen LogP contribution in [0.15, 0.2) is 83.8 Å². The number of amides is 2. The summed E-state index contributed by atoms with van der Waals surface area (Å²) in [5.41, 5.74) is 2.20. The maximum absolute atomic E-state index is 14.7. The van der Waals surface area contributed by atoms with Crippen LogP contribution in [0.2, 0.25) is 0 Å². The van der Waals surface area contributed by atoms with Gasteiger partial charge >= 0.3 is 0 Å². The molecule has 1 aliphatic heterocycles. The first-order valence-electron chi connectivity index (χ1n) is 12.6. The first-order chi connectivity index (χ1) is 18.6. The van der Waals surface area contributed by atoms with E-state index in [1.54, 1.807) is 60.7 Å². The number of fused-ring (bicyclic) bond motifs is 1. The third kappa shape index (κ3) is 6.95. The van der Waals surface area contributed by atoms with Gasteiger partial charge in [0.2, 0.25) is 10.0 Å². The van der Waals surface area contributed by atoms with Crippen LogP contribution in [0.1, 0.15) is 44.7 Å². The van der Waals surface area contributed by atoms with E-state index in [-0.39, 0.29) is 31.0 Å². The molecule has 39 heavy (non-hydrogen) atoms. The molecule has 0 atom stereocenters. The molecule has 2 amide bonds. The van der Waals surface area contributed by atoms with Crippen molar-refractivity contribution >= 4 is 21.8 Å². The monoisotopic (exact) mass is 556 g/mol. The van der Waals surface area contributed by atoms with E-state index in [2.05, 4.69) is 0 Å². The minimum Gasteiger partial charge on any atom is -0.371 e. The highest BCUT2D eigenvalue weighted by Crippen LogP contribution is 2.25. The number of carbonyl (C=O) groups is 2. The first-order valence-corrected chi connectivity index (χ1v) is 14.0. The standard InChI is InChI=1S/C29H30F2N2O5S/c1-22-12-14-24(15-13-22)39(36,37)32(19-16-29(30,31)21-38-20-23-8-3-2-4-9-23)17-7-18-33-27(34)25-10-5-6-11-26(25)28(33)35/h2-6,8-15H,7,16-21H2,1H3. The fourth-order valence-electron chi connectivity index (χ4n) is 4.31. The molecule has 0 unspecified atom stereocenters. The summed E-state index contributed by atoms with van der Waals surface area (Å²) in [6, 6.07) is 21.5. The lowest BCUT2D eigenvalue weighted by Gasteiger charge is -2.25. The highest BCUT2D eigenvalue weighted by atomic mass is 32.2. The Morgan fingerprint density at radius 1 is 0.846 bits per heavy atom. The second-order valence-electron chi connectivity index (χ2n) is 9.46. The normalized spacial score (nSPS) is 13.8. The average Bonchev–Trinajstić information content (AvgIpc) is 3.16. The van der Waals surface area contributed by atoms with Crippen LogP contribution in [0, 0.1) is 6.92 Å². The molecule has 0 saturated carbocycles. The van der Waals surface area contributed by atoms with Crippen molar-refractivity contribution in [3.63, 3.8) is 0 Å². The maximum atomic E-state index is 14.7. The Labute approximate surface area is 227 Å². The number of benzene rings is 3. The van der Waals surface area contributed by atoms with Gasteiger partial charge in [0.25, 0.3) is 17.7 Å². The van der Waals surface area contributed by atoms with E-state index in [1.807, 2.05) is 13.0 Å². The number of alkyl halides is 2. The molecule has 0 saturated heterocycles. The van der Waals surface area contributed by atoms with Crippen molar-refractivity contribution in [2.24, 2.45) is 0 Å². The largest absolute Gasteiger partial charge is 0.371 e. The number of ether oxygens (including phenoxy) is 1. The molecule has 0 fully saturated rings. The molecule has 3 aromatic carbocycles. The van der Waals surface area contributed by atoms with E-state index < -0.39 is 47.3 Å². The average molecular weight is 557 g/mol. The molecule has 206 valence electrons. The number of carbonyl (C=O) groups excluding carboxylic acids is 2. The molecule has 0 aromatic heterocycles. The summed E-state index contributed by atoms with van der Waals surface area (Å²) in [5.74, 6) is -4.17. The summed E-state index contributed by atoms with van der Waals surface area (Å²) in [6.07, 6.45) is -0.660. The molecular weight excluding hydrogens is 526 g/mol. The quantitative estimate of drug-likeness (QED) is 0.279. The summed E-state index contributed by atoms with van der Waals surface area (Å²) in [4.78, 5) is 26.4.